The first-order chi connectivity index (χ1) is 16.6. The van der Waals surface area contributed by atoms with Gasteiger partial charge >= 0.3 is 5.97 Å². The summed E-state index contributed by atoms with van der Waals surface area (Å²) in [5, 5.41) is 8.70. The van der Waals surface area contributed by atoms with Crippen molar-refractivity contribution >= 4 is 34.4 Å². The molecule has 0 amide bonds. The second-order valence-electron chi connectivity index (χ2n) is 5.19. The number of rotatable bonds is 3. The molecule has 0 atom stereocenters. The lowest BCUT2D eigenvalue weighted by atomic mass is 10.1. The molecule has 2 aromatic rings. The van der Waals surface area contributed by atoms with Crippen molar-refractivity contribution in [2.75, 3.05) is 0 Å². The Morgan fingerprint density at radius 3 is 1.23 bits per heavy atom. The molecule has 0 aliphatic heterocycles. The van der Waals surface area contributed by atoms with E-state index in [2.05, 4.69) is 11.6 Å². The van der Waals surface area contributed by atoms with E-state index in [4.69, 9.17) is 9.84 Å². The van der Waals surface area contributed by atoms with Crippen molar-refractivity contribution in [2.45, 2.75) is 83.1 Å². The Bertz CT molecular complexity index is 813. The average Bonchev–Trinajstić information content (AvgIpc) is 2.84. The highest BCUT2D eigenvalue weighted by atomic mass is 35.5. The van der Waals surface area contributed by atoms with Crippen LogP contribution >= 0.6 is 11.6 Å². The summed E-state index contributed by atoms with van der Waals surface area (Å²) < 4.78 is 4.85. The molecule has 0 saturated carbocycles. The number of carbonyl (C=O) groups is 4. The quantitative estimate of drug-likeness (QED) is 0.192. The van der Waals surface area contributed by atoms with E-state index in [0.29, 0.717) is 16.9 Å². The number of para-hydroxylation sites is 2. The summed E-state index contributed by atoms with van der Waals surface area (Å²) in [7, 11) is 0. The standard InChI is InChI=1S/C10H10O3.C8H8O2.C2H3ClO.4C2H6/c1-7(11)9-5-3-4-6-10(9)13-8(2)12;1-6(9)7-4-2-3-5-8(7)10;1-2(3)4;4*1-2/h3-6H,1-2H3;2-5,10H,1H3;1H3;4*1-2H3. The van der Waals surface area contributed by atoms with E-state index in [1.807, 2.05) is 55.4 Å². The SMILES string of the molecule is CC.CC.CC.CC.CC(=O)Cl.CC(=O)Oc1ccccc1C(C)=O.CC(=O)c1ccccc1O. The number of ketones is 2. The van der Waals surface area contributed by atoms with E-state index >= 15 is 0 Å². The Morgan fingerprint density at radius 1 is 0.629 bits per heavy atom. The number of ether oxygens (including phenoxy) is 1. The molecule has 0 aromatic heterocycles. The van der Waals surface area contributed by atoms with Gasteiger partial charge in [0.05, 0.1) is 11.1 Å². The molecule has 1 N–H and O–H groups in total. The second kappa shape index (κ2) is 31.0. The summed E-state index contributed by atoms with van der Waals surface area (Å²) in [6.07, 6.45) is 0. The minimum Gasteiger partial charge on any atom is -0.507 e. The van der Waals surface area contributed by atoms with Crippen LogP contribution in [0.4, 0.5) is 0 Å². The van der Waals surface area contributed by atoms with Crippen LogP contribution in [0.15, 0.2) is 48.5 Å². The molecule has 6 nitrogen and oxygen atoms in total. The molecule has 0 radical (unpaired) electrons. The first kappa shape index (κ1) is 42.2. The second-order valence-corrected chi connectivity index (χ2v) is 5.72. The third kappa shape index (κ3) is 27.1. The molecule has 0 spiro atoms. The summed E-state index contributed by atoms with van der Waals surface area (Å²) in [6, 6.07) is 13.2. The molecule has 7 heteroatoms. The number of halogens is 1. The van der Waals surface area contributed by atoms with Crippen molar-refractivity contribution in [1.82, 2.24) is 0 Å². The molecule has 35 heavy (non-hydrogen) atoms. The highest BCUT2D eigenvalue weighted by Crippen LogP contribution is 2.18. The molecule has 0 bridgehead atoms. The van der Waals surface area contributed by atoms with Gasteiger partial charge in [0.1, 0.15) is 11.5 Å². The van der Waals surface area contributed by atoms with E-state index < -0.39 is 5.97 Å². The molecule has 200 valence electrons. The molecule has 0 heterocycles. The zero-order valence-corrected chi connectivity index (χ0v) is 24.2. The normalized spacial score (nSPS) is 7.57. The number of carbonyl (C=O) groups excluding carboxylic acids is 4. The number of hydrogen-bond acceptors (Lipinski definition) is 6. The van der Waals surface area contributed by atoms with Crippen LogP contribution in [-0.4, -0.2) is 27.9 Å². The average molecular weight is 513 g/mol. The Labute approximate surface area is 217 Å². The highest BCUT2D eigenvalue weighted by Gasteiger charge is 2.08. The fraction of sp³-hybridized carbons (Fsp3) is 0.429. The minimum absolute atomic E-state index is 0.0509. The van der Waals surface area contributed by atoms with E-state index in [0.717, 1.165) is 0 Å². The van der Waals surface area contributed by atoms with Gasteiger partial charge in [-0.05, 0) is 49.7 Å². The first-order valence-corrected chi connectivity index (χ1v) is 12.2. The van der Waals surface area contributed by atoms with Gasteiger partial charge in [0.2, 0.25) is 5.24 Å². The van der Waals surface area contributed by atoms with Gasteiger partial charge in [-0.15, -0.1) is 0 Å². The number of phenols is 1. The molecular formula is C28H45ClO6. The van der Waals surface area contributed by atoms with E-state index in [-0.39, 0.29) is 22.6 Å². The number of benzene rings is 2. The first-order valence-electron chi connectivity index (χ1n) is 11.8. The lowest BCUT2D eigenvalue weighted by Crippen LogP contribution is -2.05. The number of esters is 1. The zero-order chi connectivity index (χ0) is 29.0. The van der Waals surface area contributed by atoms with Crippen molar-refractivity contribution < 1.29 is 29.0 Å². The Kier molecular flexibility index (Phi) is 37.4. The molecule has 0 unspecified atom stereocenters. The van der Waals surface area contributed by atoms with Crippen LogP contribution in [0, 0.1) is 0 Å². The maximum atomic E-state index is 11.1. The van der Waals surface area contributed by atoms with Crippen LogP contribution in [0.5, 0.6) is 11.5 Å². The Balaban J connectivity index is -0.000000121. The van der Waals surface area contributed by atoms with E-state index in [1.54, 1.807) is 42.5 Å². The van der Waals surface area contributed by atoms with Gasteiger partial charge in [-0.1, -0.05) is 79.7 Å². The van der Waals surface area contributed by atoms with Gasteiger partial charge in [-0.25, -0.2) is 0 Å². The van der Waals surface area contributed by atoms with Crippen LogP contribution in [-0.2, 0) is 9.59 Å². The number of Topliss-reactive ketones (excluding diaryl/α,β-unsaturated/α-hetero) is 2. The van der Waals surface area contributed by atoms with Gasteiger partial charge in [0.15, 0.2) is 11.6 Å². The smallest absolute Gasteiger partial charge is 0.308 e. The molecule has 0 saturated heterocycles. The van der Waals surface area contributed by atoms with Crippen LogP contribution < -0.4 is 4.74 Å². The summed E-state index contributed by atoms with van der Waals surface area (Å²) in [5.74, 6) is -0.277. The van der Waals surface area contributed by atoms with Gasteiger partial charge in [-0.3, -0.25) is 19.2 Å². The highest BCUT2D eigenvalue weighted by molar-refractivity contribution is 6.62. The summed E-state index contributed by atoms with van der Waals surface area (Å²) >= 11 is 4.64. The fourth-order valence-corrected chi connectivity index (χ4v) is 1.77. The van der Waals surface area contributed by atoms with Crippen molar-refractivity contribution in [2.24, 2.45) is 0 Å². The molecule has 2 aromatic carbocycles. The zero-order valence-electron chi connectivity index (χ0n) is 23.5. The monoisotopic (exact) mass is 512 g/mol. The van der Waals surface area contributed by atoms with Gasteiger partial charge in [0.25, 0.3) is 0 Å². The molecule has 0 aliphatic rings. The topological polar surface area (TPSA) is 97.7 Å². The van der Waals surface area contributed by atoms with Crippen molar-refractivity contribution in [3.8, 4) is 11.5 Å². The number of phenolic OH excluding ortho intramolecular Hbond substituents is 1. The Hall–Kier alpha value is -2.99. The molecule has 0 fully saturated rings. The minimum atomic E-state index is -0.422. The third-order valence-corrected chi connectivity index (χ3v) is 2.80. The molecule has 0 aliphatic carbocycles. The number of hydrogen-bond donors (Lipinski definition) is 1. The summed E-state index contributed by atoms with van der Waals surface area (Å²) in [5.41, 5.74) is 0.806. The van der Waals surface area contributed by atoms with Crippen molar-refractivity contribution in [1.29, 1.82) is 0 Å². The molecule has 2 rings (SSSR count). The van der Waals surface area contributed by atoms with E-state index in [9.17, 15) is 19.2 Å². The van der Waals surface area contributed by atoms with Crippen LogP contribution in [0.1, 0.15) is 104 Å². The van der Waals surface area contributed by atoms with Crippen LogP contribution in [0.3, 0.4) is 0 Å². The Morgan fingerprint density at radius 2 is 0.943 bits per heavy atom. The largest absolute Gasteiger partial charge is 0.507 e. The van der Waals surface area contributed by atoms with Gasteiger partial charge in [-0.2, -0.15) is 0 Å². The molecular weight excluding hydrogens is 468 g/mol. The lowest BCUT2D eigenvalue weighted by Gasteiger charge is -2.04. The maximum absolute atomic E-state index is 11.1. The van der Waals surface area contributed by atoms with E-state index in [1.165, 1.54) is 33.8 Å². The fourth-order valence-electron chi connectivity index (χ4n) is 1.77. The maximum Gasteiger partial charge on any atom is 0.308 e. The van der Waals surface area contributed by atoms with Gasteiger partial charge in [0, 0.05) is 13.8 Å². The van der Waals surface area contributed by atoms with Crippen molar-refractivity contribution in [3.63, 3.8) is 0 Å². The van der Waals surface area contributed by atoms with Gasteiger partial charge < -0.3 is 9.84 Å². The van der Waals surface area contributed by atoms with Crippen molar-refractivity contribution in [3.05, 3.63) is 59.7 Å². The van der Waals surface area contributed by atoms with Crippen LogP contribution in [0.25, 0.3) is 0 Å². The third-order valence-electron chi connectivity index (χ3n) is 2.80. The summed E-state index contributed by atoms with van der Waals surface area (Å²) in [4.78, 5) is 41.6. The van der Waals surface area contributed by atoms with Crippen LogP contribution in [0.2, 0.25) is 0 Å². The predicted octanol–water partition coefficient (Wildman–Crippen LogP) is 8.29. The number of aromatic hydroxyl groups is 1. The lowest BCUT2D eigenvalue weighted by molar-refractivity contribution is -0.131. The summed E-state index contributed by atoms with van der Waals surface area (Å²) in [6.45, 7) is 21.5. The predicted molar refractivity (Wildman–Crippen MR) is 148 cm³/mol.